The van der Waals surface area contributed by atoms with E-state index in [1.54, 1.807) is 24.0 Å². The maximum Gasteiger partial charge on any atom is 0.295 e. The molecule has 0 aliphatic carbocycles. The first-order valence-corrected chi connectivity index (χ1v) is 4.36. The minimum atomic E-state index is -0.398. The van der Waals surface area contributed by atoms with Gasteiger partial charge >= 0.3 is 0 Å². The van der Waals surface area contributed by atoms with Gasteiger partial charge in [-0.05, 0) is 26.8 Å². The zero-order valence-electron chi connectivity index (χ0n) is 8.87. The number of aryl methyl sites for hydroxylation is 1. The SMILES string of the molecule is Cn1ccc(C(=O)NOC(C)(C)C)n1. The Labute approximate surface area is 83.0 Å². The van der Waals surface area contributed by atoms with Crippen LogP contribution in [0.2, 0.25) is 0 Å². The molecule has 0 radical (unpaired) electrons. The monoisotopic (exact) mass is 197 g/mol. The lowest BCUT2D eigenvalue weighted by molar-refractivity contribution is -0.0591. The lowest BCUT2D eigenvalue weighted by Crippen LogP contribution is -2.33. The number of rotatable bonds is 2. The van der Waals surface area contributed by atoms with E-state index in [4.69, 9.17) is 4.84 Å². The standard InChI is InChI=1S/C9H15N3O2/c1-9(2,3)14-11-8(13)7-5-6-12(4)10-7/h5-6H,1-4H3,(H,11,13). The molecular weight excluding hydrogens is 182 g/mol. The van der Waals surface area contributed by atoms with E-state index in [-0.39, 0.29) is 5.91 Å². The molecule has 1 amide bonds. The number of hydroxylamine groups is 1. The van der Waals surface area contributed by atoms with Crippen LogP contribution in [0.5, 0.6) is 0 Å². The fraction of sp³-hybridized carbons (Fsp3) is 0.556. The fourth-order valence-electron chi connectivity index (χ4n) is 0.788. The van der Waals surface area contributed by atoms with Gasteiger partial charge in [-0.15, -0.1) is 0 Å². The van der Waals surface area contributed by atoms with Gasteiger partial charge in [0.05, 0.1) is 5.60 Å². The Morgan fingerprint density at radius 1 is 1.57 bits per heavy atom. The van der Waals surface area contributed by atoms with Gasteiger partial charge in [-0.25, -0.2) is 5.48 Å². The highest BCUT2D eigenvalue weighted by atomic mass is 16.7. The second kappa shape index (κ2) is 3.79. The normalized spacial score (nSPS) is 11.4. The van der Waals surface area contributed by atoms with Crippen LogP contribution >= 0.6 is 0 Å². The van der Waals surface area contributed by atoms with Gasteiger partial charge in [0, 0.05) is 13.2 Å². The zero-order chi connectivity index (χ0) is 10.8. The van der Waals surface area contributed by atoms with Crippen LogP contribution < -0.4 is 5.48 Å². The first kappa shape index (κ1) is 10.7. The molecule has 0 atom stereocenters. The zero-order valence-corrected chi connectivity index (χ0v) is 8.87. The molecule has 1 aromatic heterocycles. The molecule has 5 nitrogen and oxygen atoms in total. The summed E-state index contributed by atoms with van der Waals surface area (Å²) in [6.45, 7) is 5.56. The highest BCUT2D eigenvalue weighted by molar-refractivity contribution is 5.91. The van der Waals surface area contributed by atoms with Crippen molar-refractivity contribution in [1.82, 2.24) is 15.3 Å². The van der Waals surface area contributed by atoms with Gasteiger partial charge in [0.2, 0.25) is 0 Å². The van der Waals surface area contributed by atoms with E-state index < -0.39 is 5.60 Å². The maximum atomic E-state index is 11.4. The molecule has 0 unspecified atom stereocenters. The predicted molar refractivity (Wildman–Crippen MR) is 51.5 cm³/mol. The number of carbonyl (C=O) groups excluding carboxylic acids is 1. The van der Waals surface area contributed by atoms with Crippen molar-refractivity contribution in [2.24, 2.45) is 7.05 Å². The third kappa shape index (κ3) is 3.18. The van der Waals surface area contributed by atoms with Crippen LogP contribution in [-0.4, -0.2) is 21.3 Å². The van der Waals surface area contributed by atoms with E-state index in [9.17, 15) is 4.79 Å². The third-order valence-electron chi connectivity index (χ3n) is 1.40. The molecular formula is C9H15N3O2. The second-order valence-corrected chi connectivity index (χ2v) is 4.02. The quantitative estimate of drug-likeness (QED) is 0.716. The highest BCUT2D eigenvalue weighted by Gasteiger charge is 2.14. The average molecular weight is 197 g/mol. The van der Waals surface area contributed by atoms with Crippen molar-refractivity contribution in [2.75, 3.05) is 0 Å². The molecule has 78 valence electrons. The van der Waals surface area contributed by atoms with Crippen LogP contribution in [0.15, 0.2) is 12.3 Å². The van der Waals surface area contributed by atoms with E-state index >= 15 is 0 Å². The Bertz CT molecular complexity index is 325. The molecule has 0 aliphatic heterocycles. The number of carbonyl (C=O) groups is 1. The predicted octanol–water partition coefficient (Wildman–Crippen LogP) is 0.880. The van der Waals surface area contributed by atoms with Crippen molar-refractivity contribution in [2.45, 2.75) is 26.4 Å². The highest BCUT2D eigenvalue weighted by Crippen LogP contribution is 2.04. The third-order valence-corrected chi connectivity index (χ3v) is 1.40. The molecule has 5 heteroatoms. The summed E-state index contributed by atoms with van der Waals surface area (Å²) in [5, 5.41) is 3.94. The first-order valence-electron chi connectivity index (χ1n) is 4.36. The van der Waals surface area contributed by atoms with Gasteiger partial charge in [-0.1, -0.05) is 0 Å². The summed E-state index contributed by atoms with van der Waals surface area (Å²) in [6.07, 6.45) is 1.70. The molecule has 1 rings (SSSR count). The summed E-state index contributed by atoms with van der Waals surface area (Å²) in [7, 11) is 1.75. The molecule has 0 fully saturated rings. The second-order valence-electron chi connectivity index (χ2n) is 4.02. The average Bonchev–Trinajstić information content (AvgIpc) is 2.46. The van der Waals surface area contributed by atoms with Gasteiger partial charge in [0.1, 0.15) is 0 Å². The molecule has 1 heterocycles. The van der Waals surface area contributed by atoms with Crippen LogP contribution in [-0.2, 0) is 11.9 Å². The summed E-state index contributed by atoms with van der Waals surface area (Å²) in [5.74, 6) is -0.333. The van der Waals surface area contributed by atoms with Gasteiger partial charge in [-0.3, -0.25) is 14.3 Å². The molecule has 0 saturated heterocycles. The van der Waals surface area contributed by atoms with Crippen LogP contribution in [0.1, 0.15) is 31.3 Å². The van der Waals surface area contributed by atoms with Gasteiger partial charge in [0.15, 0.2) is 5.69 Å². The van der Waals surface area contributed by atoms with Crippen molar-refractivity contribution in [3.63, 3.8) is 0 Å². The molecule has 1 N–H and O–H groups in total. The Morgan fingerprint density at radius 2 is 2.21 bits per heavy atom. The van der Waals surface area contributed by atoms with Crippen LogP contribution in [0, 0.1) is 0 Å². The van der Waals surface area contributed by atoms with Crippen molar-refractivity contribution in [3.8, 4) is 0 Å². The minimum Gasteiger partial charge on any atom is -0.275 e. The largest absolute Gasteiger partial charge is 0.295 e. The number of hydrogen-bond donors (Lipinski definition) is 1. The molecule has 0 spiro atoms. The van der Waals surface area contributed by atoms with Crippen LogP contribution in [0.3, 0.4) is 0 Å². The van der Waals surface area contributed by atoms with Gasteiger partial charge < -0.3 is 0 Å². The van der Waals surface area contributed by atoms with Crippen LogP contribution in [0.4, 0.5) is 0 Å². The first-order chi connectivity index (χ1) is 6.38. The number of hydrogen-bond acceptors (Lipinski definition) is 3. The van der Waals surface area contributed by atoms with Crippen LogP contribution in [0.25, 0.3) is 0 Å². The van der Waals surface area contributed by atoms with E-state index in [0.29, 0.717) is 5.69 Å². The smallest absolute Gasteiger partial charge is 0.275 e. The summed E-state index contributed by atoms with van der Waals surface area (Å²) >= 11 is 0. The Morgan fingerprint density at radius 3 is 2.64 bits per heavy atom. The molecule has 14 heavy (non-hydrogen) atoms. The van der Waals surface area contributed by atoms with Crippen molar-refractivity contribution >= 4 is 5.91 Å². The van der Waals surface area contributed by atoms with E-state index in [1.807, 2.05) is 20.8 Å². The van der Waals surface area contributed by atoms with Crippen molar-refractivity contribution in [1.29, 1.82) is 0 Å². The Hall–Kier alpha value is -1.36. The summed E-state index contributed by atoms with van der Waals surface area (Å²) in [5.41, 5.74) is 2.28. The summed E-state index contributed by atoms with van der Waals surface area (Å²) < 4.78 is 1.56. The van der Waals surface area contributed by atoms with E-state index in [1.165, 1.54) is 0 Å². The Balaban J connectivity index is 2.52. The molecule has 0 aromatic carbocycles. The van der Waals surface area contributed by atoms with E-state index in [0.717, 1.165) is 0 Å². The number of aromatic nitrogens is 2. The number of nitrogens with one attached hydrogen (secondary N) is 1. The fourth-order valence-corrected chi connectivity index (χ4v) is 0.788. The van der Waals surface area contributed by atoms with Crippen molar-refractivity contribution < 1.29 is 9.63 Å². The summed E-state index contributed by atoms with van der Waals surface area (Å²) in [6, 6.07) is 1.63. The lowest BCUT2D eigenvalue weighted by Gasteiger charge is -2.18. The topological polar surface area (TPSA) is 56.2 Å². The molecule has 0 aliphatic rings. The Kier molecular flexibility index (Phi) is 2.90. The van der Waals surface area contributed by atoms with Crippen molar-refractivity contribution in [3.05, 3.63) is 18.0 Å². The number of amides is 1. The van der Waals surface area contributed by atoms with Gasteiger partial charge in [0.25, 0.3) is 5.91 Å². The van der Waals surface area contributed by atoms with Gasteiger partial charge in [-0.2, -0.15) is 5.10 Å². The minimum absolute atomic E-state index is 0.333. The number of nitrogens with zero attached hydrogens (tertiary/aromatic N) is 2. The molecule has 1 aromatic rings. The molecule has 0 bridgehead atoms. The molecule has 0 saturated carbocycles. The lowest BCUT2D eigenvalue weighted by atomic mass is 10.2. The maximum absolute atomic E-state index is 11.4. The van der Waals surface area contributed by atoms with E-state index in [2.05, 4.69) is 10.6 Å². The summed E-state index contributed by atoms with van der Waals surface area (Å²) in [4.78, 5) is 16.5.